The Morgan fingerprint density at radius 3 is 2.38 bits per heavy atom. The number of nitrogens with zero attached hydrogens (tertiary/aromatic N) is 2. The SMILES string of the molecule is Cc1ccc(S(=O)(=O)N2CCC(NC(=O)c3cccnc3Sc3ccc(C)c(C)c3)CC2)cc1. The molecular weight excluding hydrogens is 466 g/mol. The lowest BCUT2D eigenvalue weighted by Gasteiger charge is -2.31. The van der Waals surface area contributed by atoms with Crippen molar-refractivity contribution >= 4 is 27.7 Å². The largest absolute Gasteiger partial charge is 0.349 e. The van der Waals surface area contributed by atoms with Gasteiger partial charge < -0.3 is 5.32 Å². The normalized spacial score (nSPS) is 15.3. The van der Waals surface area contributed by atoms with Gasteiger partial charge in [0, 0.05) is 30.2 Å². The Labute approximate surface area is 205 Å². The number of rotatable bonds is 6. The van der Waals surface area contributed by atoms with Crippen LogP contribution in [-0.2, 0) is 10.0 Å². The number of nitrogens with one attached hydrogen (secondary N) is 1. The van der Waals surface area contributed by atoms with E-state index in [1.54, 1.807) is 42.6 Å². The van der Waals surface area contributed by atoms with Crippen molar-refractivity contribution in [3.63, 3.8) is 0 Å². The maximum Gasteiger partial charge on any atom is 0.254 e. The minimum absolute atomic E-state index is 0.0864. The zero-order valence-electron chi connectivity index (χ0n) is 19.6. The maximum atomic E-state index is 13.1. The van der Waals surface area contributed by atoms with E-state index in [2.05, 4.69) is 36.3 Å². The molecule has 2 aromatic carbocycles. The van der Waals surface area contributed by atoms with Crippen LogP contribution < -0.4 is 5.32 Å². The molecule has 4 rings (SSSR count). The maximum absolute atomic E-state index is 13.1. The molecule has 1 N–H and O–H groups in total. The number of carbonyl (C=O) groups is 1. The fraction of sp³-hybridized carbons (Fsp3) is 0.308. The third-order valence-electron chi connectivity index (χ3n) is 6.16. The smallest absolute Gasteiger partial charge is 0.254 e. The summed E-state index contributed by atoms with van der Waals surface area (Å²) in [6.45, 7) is 6.81. The molecule has 178 valence electrons. The van der Waals surface area contributed by atoms with E-state index in [4.69, 9.17) is 0 Å². The average molecular weight is 496 g/mol. The van der Waals surface area contributed by atoms with Crippen molar-refractivity contribution in [1.29, 1.82) is 0 Å². The number of aryl methyl sites for hydroxylation is 3. The Morgan fingerprint density at radius 1 is 1.00 bits per heavy atom. The van der Waals surface area contributed by atoms with Gasteiger partial charge >= 0.3 is 0 Å². The molecule has 0 saturated carbocycles. The minimum atomic E-state index is -3.52. The average Bonchev–Trinajstić information content (AvgIpc) is 2.82. The molecule has 0 aliphatic carbocycles. The Morgan fingerprint density at radius 2 is 1.71 bits per heavy atom. The van der Waals surface area contributed by atoms with Gasteiger partial charge in [-0.2, -0.15) is 4.31 Å². The van der Waals surface area contributed by atoms with E-state index in [9.17, 15) is 13.2 Å². The van der Waals surface area contributed by atoms with Gasteiger partial charge in [0.1, 0.15) is 5.03 Å². The number of pyridine rings is 1. The molecule has 0 spiro atoms. The fourth-order valence-corrected chi connectivity index (χ4v) is 6.35. The quantitative estimate of drug-likeness (QED) is 0.534. The van der Waals surface area contributed by atoms with Gasteiger partial charge in [-0.05, 0) is 81.1 Å². The van der Waals surface area contributed by atoms with Gasteiger partial charge in [0.15, 0.2) is 0 Å². The van der Waals surface area contributed by atoms with Gasteiger partial charge in [0.05, 0.1) is 10.5 Å². The Balaban J connectivity index is 1.40. The van der Waals surface area contributed by atoms with Crippen LogP contribution >= 0.6 is 11.8 Å². The molecule has 0 unspecified atom stereocenters. The van der Waals surface area contributed by atoms with Gasteiger partial charge in [0.2, 0.25) is 10.0 Å². The number of carbonyl (C=O) groups excluding carboxylic acids is 1. The number of sulfonamides is 1. The molecule has 2 heterocycles. The topological polar surface area (TPSA) is 79.4 Å². The number of piperidine rings is 1. The van der Waals surface area contributed by atoms with E-state index in [1.165, 1.54) is 27.2 Å². The number of benzene rings is 2. The van der Waals surface area contributed by atoms with Gasteiger partial charge in [-0.1, -0.05) is 35.5 Å². The van der Waals surface area contributed by atoms with E-state index in [-0.39, 0.29) is 11.9 Å². The second-order valence-corrected chi connectivity index (χ2v) is 11.7. The molecule has 3 aromatic rings. The van der Waals surface area contributed by atoms with Crippen LogP contribution in [-0.4, -0.2) is 42.7 Å². The summed E-state index contributed by atoms with van der Waals surface area (Å²) in [6.07, 6.45) is 2.82. The molecule has 0 radical (unpaired) electrons. The molecule has 1 saturated heterocycles. The van der Waals surface area contributed by atoms with Crippen molar-refractivity contribution in [3.8, 4) is 0 Å². The van der Waals surface area contributed by atoms with Crippen molar-refractivity contribution in [2.24, 2.45) is 0 Å². The van der Waals surface area contributed by atoms with Gasteiger partial charge in [-0.25, -0.2) is 13.4 Å². The lowest BCUT2D eigenvalue weighted by molar-refractivity contribution is 0.0920. The fourth-order valence-electron chi connectivity index (χ4n) is 3.90. The third-order valence-corrected chi connectivity index (χ3v) is 9.08. The molecule has 34 heavy (non-hydrogen) atoms. The van der Waals surface area contributed by atoms with Gasteiger partial charge in [-0.3, -0.25) is 4.79 Å². The summed E-state index contributed by atoms with van der Waals surface area (Å²) in [6, 6.07) is 16.6. The van der Waals surface area contributed by atoms with E-state index in [1.807, 2.05) is 13.0 Å². The van der Waals surface area contributed by atoms with E-state index in [0.29, 0.717) is 41.4 Å². The summed E-state index contributed by atoms with van der Waals surface area (Å²) >= 11 is 1.47. The molecule has 1 aliphatic rings. The highest BCUT2D eigenvalue weighted by Gasteiger charge is 2.30. The number of amides is 1. The molecule has 0 atom stereocenters. The molecule has 1 aliphatic heterocycles. The first-order valence-electron chi connectivity index (χ1n) is 11.3. The Hall–Kier alpha value is -2.68. The molecule has 1 fully saturated rings. The van der Waals surface area contributed by atoms with E-state index in [0.717, 1.165) is 10.5 Å². The van der Waals surface area contributed by atoms with Crippen LogP contribution in [0, 0.1) is 20.8 Å². The summed E-state index contributed by atoms with van der Waals surface area (Å²) in [5, 5.41) is 3.74. The number of aromatic nitrogens is 1. The first-order valence-corrected chi connectivity index (χ1v) is 13.6. The van der Waals surface area contributed by atoms with Crippen LogP contribution in [0.15, 0.2) is 75.6 Å². The highest BCUT2D eigenvalue weighted by Crippen LogP contribution is 2.30. The van der Waals surface area contributed by atoms with Crippen LogP contribution in [0.1, 0.15) is 39.9 Å². The molecule has 0 bridgehead atoms. The molecule has 6 nitrogen and oxygen atoms in total. The summed E-state index contributed by atoms with van der Waals surface area (Å²) in [4.78, 5) is 18.9. The number of hydrogen-bond acceptors (Lipinski definition) is 5. The van der Waals surface area contributed by atoms with Crippen LogP contribution in [0.2, 0.25) is 0 Å². The van der Waals surface area contributed by atoms with Crippen LogP contribution in [0.4, 0.5) is 0 Å². The standard InChI is InChI=1S/C26H29N3O3S2/c1-18-6-10-23(11-7-18)34(31,32)29-15-12-21(13-16-29)28-25(30)24-5-4-14-27-26(24)33-22-9-8-19(2)20(3)17-22/h4-11,14,17,21H,12-13,15-16H2,1-3H3,(H,28,30). The first kappa shape index (κ1) is 24.4. The molecule has 1 aromatic heterocycles. The lowest BCUT2D eigenvalue weighted by atomic mass is 10.1. The summed E-state index contributed by atoms with van der Waals surface area (Å²) in [5.74, 6) is -0.181. The van der Waals surface area contributed by atoms with Crippen molar-refractivity contribution < 1.29 is 13.2 Å². The van der Waals surface area contributed by atoms with E-state index >= 15 is 0 Å². The predicted molar refractivity (Wildman–Crippen MR) is 135 cm³/mol. The summed E-state index contributed by atoms with van der Waals surface area (Å²) in [5.41, 5.74) is 3.96. The Kier molecular flexibility index (Phi) is 7.40. The highest BCUT2D eigenvalue weighted by molar-refractivity contribution is 7.99. The zero-order chi connectivity index (χ0) is 24.3. The zero-order valence-corrected chi connectivity index (χ0v) is 21.2. The van der Waals surface area contributed by atoms with Crippen molar-refractivity contribution in [1.82, 2.24) is 14.6 Å². The van der Waals surface area contributed by atoms with E-state index < -0.39 is 10.0 Å². The molecular formula is C26H29N3O3S2. The summed E-state index contributed by atoms with van der Waals surface area (Å²) < 4.78 is 27.4. The second-order valence-electron chi connectivity index (χ2n) is 8.67. The summed E-state index contributed by atoms with van der Waals surface area (Å²) in [7, 11) is -3.52. The van der Waals surface area contributed by atoms with Crippen LogP contribution in [0.25, 0.3) is 0 Å². The minimum Gasteiger partial charge on any atom is -0.349 e. The van der Waals surface area contributed by atoms with Crippen molar-refractivity contribution in [2.45, 2.75) is 54.5 Å². The highest BCUT2D eigenvalue weighted by atomic mass is 32.2. The first-order chi connectivity index (χ1) is 16.2. The monoisotopic (exact) mass is 495 g/mol. The second kappa shape index (κ2) is 10.3. The molecule has 8 heteroatoms. The van der Waals surface area contributed by atoms with Gasteiger partial charge in [-0.15, -0.1) is 0 Å². The van der Waals surface area contributed by atoms with Crippen LogP contribution in [0.5, 0.6) is 0 Å². The van der Waals surface area contributed by atoms with Crippen LogP contribution in [0.3, 0.4) is 0 Å². The Bertz CT molecular complexity index is 1280. The number of hydrogen-bond donors (Lipinski definition) is 1. The van der Waals surface area contributed by atoms with Crippen molar-refractivity contribution in [2.75, 3.05) is 13.1 Å². The van der Waals surface area contributed by atoms with Gasteiger partial charge in [0.25, 0.3) is 5.91 Å². The predicted octanol–water partition coefficient (Wildman–Crippen LogP) is 4.74. The lowest BCUT2D eigenvalue weighted by Crippen LogP contribution is -2.46. The third kappa shape index (κ3) is 5.51. The van der Waals surface area contributed by atoms with Crippen molar-refractivity contribution in [3.05, 3.63) is 83.0 Å². The molecule has 1 amide bonds.